The molecular weight excluding hydrogens is 354 g/mol. The van der Waals surface area contributed by atoms with E-state index >= 15 is 0 Å². The summed E-state index contributed by atoms with van der Waals surface area (Å²) in [5.74, 6) is 2.82. The third kappa shape index (κ3) is 3.72. The number of rotatable bonds is 5. The van der Waals surface area contributed by atoms with Crippen LogP contribution in [-0.4, -0.2) is 32.8 Å². The molecule has 1 fully saturated rings. The van der Waals surface area contributed by atoms with Gasteiger partial charge in [-0.05, 0) is 31.0 Å². The van der Waals surface area contributed by atoms with Crippen LogP contribution in [0.5, 0.6) is 17.2 Å². The van der Waals surface area contributed by atoms with Gasteiger partial charge in [0.25, 0.3) is 0 Å². The van der Waals surface area contributed by atoms with Gasteiger partial charge in [0.2, 0.25) is 0 Å². The van der Waals surface area contributed by atoms with E-state index in [1.165, 1.54) is 12.0 Å². The molecule has 4 rings (SSSR count). The number of methoxy groups -OCH3 is 1. The van der Waals surface area contributed by atoms with Crippen LogP contribution in [0.25, 0.3) is 0 Å². The van der Waals surface area contributed by atoms with Gasteiger partial charge in [0.15, 0.2) is 17.5 Å². The van der Waals surface area contributed by atoms with E-state index in [1.54, 1.807) is 7.11 Å². The molecule has 1 aliphatic carbocycles. The number of para-hydroxylation sites is 1. The summed E-state index contributed by atoms with van der Waals surface area (Å²) in [6, 6.07) is 13.9. The number of nitrogens with two attached hydrogens (primary N) is 1. The molecule has 0 amide bonds. The first kappa shape index (κ1) is 18.5. The summed E-state index contributed by atoms with van der Waals surface area (Å²) >= 11 is 0. The minimum atomic E-state index is 0.00360. The van der Waals surface area contributed by atoms with E-state index in [2.05, 4.69) is 22.4 Å². The SMILES string of the molecule is COc1ccccc1C1(CN=C(N)Nc2ccc3c(c2)OCCCO3)CCC1. The van der Waals surface area contributed by atoms with Gasteiger partial charge in [-0.15, -0.1) is 0 Å². The number of hydrogen-bond acceptors (Lipinski definition) is 4. The molecule has 0 aromatic heterocycles. The van der Waals surface area contributed by atoms with Crippen molar-refractivity contribution in [3.8, 4) is 17.2 Å². The molecular formula is C22H27N3O3. The zero-order chi connectivity index (χ0) is 19.4. The van der Waals surface area contributed by atoms with Gasteiger partial charge in [-0.1, -0.05) is 24.6 Å². The summed E-state index contributed by atoms with van der Waals surface area (Å²) in [5, 5.41) is 3.17. The van der Waals surface area contributed by atoms with E-state index in [4.69, 9.17) is 19.9 Å². The van der Waals surface area contributed by atoms with Crippen LogP contribution in [0, 0.1) is 0 Å². The van der Waals surface area contributed by atoms with E-state index < -0.39 is 0 Å². The number of anilines is 1. The molecule has 28 heavy (non-hydrogen) atoms. The Kier molecular flexibility index (Phi) is 5.28. The van der Waals surface area contributed by atoms with E-state index in [0.717, 1.165) is 42.2 Å². The standard InChI is InChI=1S/C22H27N3O3/c1-26-18-7-3-2-6-17(18)22(10-4-11-22)15-24-21(23)25-16-8-9-19-20(14-16)28-13-5-12-27-19/h2-3,6-9,14H,4-5,10-13,15H2,1H3,(H3,23,24,25). The maximum atomic E-state index is 6.18. The maximum Gasteiger partial charge on any atom is 0.193 e. The Bertz CT molecular complexity index is 862. The molecule has 0 unspecified atom stereocenters. The first-order valence-electron chi connectivity index (χ1n) is 9.80. The summed E-state index contributed by atoms with van der Waals surface area (Å²) in [7, 11) is 1.72. The summed E-state index contributed by atoms with van der Waals surface area (Å²) in [5.41, 5.74) is 8.24. The molecule has 2 aromatic rings. The molecule has 1 saturated carbocycles. The van der Waals surface area contributed by atoms with Crippen molar-refractivity contribution >= 4 is 11.6 Å². The highest BCUT2D eigenvalue weighted by molar-refractivity contribution is 5.92. The molecule has 0 saturated heterocycles. The molecule has 2 aromatic carbocycles. The quantitative estimate of drug-likeness (QED) is 0.610. The Morgan fingerprint density at radius 2 is 1.89 bits per heavy atom. The number of aliphatic imine (C=N–C) groups is 1. The molecule has 0 atom stereocenters. The van der Waals surface area contributed by atoms with Gasteiger partial charge in [0.1, 0.15) is 5.75 Å². The Morgan fingerprint density at radius 1 is 1.11 bits per heavy atom. The Labute approximate surface area is 165 Å². The van der Waals surface area contributed by atoms with Gasteiger partial charge in [-0.3, -0.25) is 4.99 Å². The van der Waals surface area contributed by atoms with Crippen molar-refractivity contribution in [2.75, 3.05) is 32.2 Å². The monoisotopic (exact) mass is 381 g/mol. The average molecular weight is 381 g/mol. The first-order chi connectivity index (χ1) is 13.7. The van der Waals surface area contributed by atoms with Crippen LogP contribution in [-0.2, 0) is 5.41 Å². The molecule has 6 heteroatoms. The molecule has 0 spiro atoms. The zero-order valence-electron chi connectivity index (χ0n) is 16.2. The van der Waals surface area contributed by atoms with E-state index in [-0.39, 0.29) is 5.41 Å². The number of fused-ring (bicyclic) bond motifs is 1. The molecule has 0 bridgehead atoms. The number of nitrogens with one attached hydrogen (secondary N) is 1. The minimum absolute atomic E-state index is 0.00360. The summed E-state index contributed by atoms with van der Waals surface area (Å²) in [6.45, 7) is 1.96. The summed E-state index contributed by atoms with van der Waals surface area (Å²) in [6.07, 6.45) is 4.26. The molecule has 2 aliphatic rings. The number of hydrogen-bond donors (Lipinski definition) is 2. The van der Waals surface area contributed by atoms with Crippen molar-refractivity contribution in [3.63, 3.8) is 0 Å². The van der Waals surface area contributed by atoms with Crippen LogP contribution in [0.4, 0.5) is 5.69 Å². The van der Waals surface area contributed by atoms with E-state index in [9.17, 15) is 0 Å². The second kappa shape index (κ2) is 8.00. The van der Waals surface area contributed by atoms with Crippen LogP contribution in [0.1, 0.15) is 31.2 Å². The summed E-state index contributed by atoms with van der Waals surface area (Å²) < 4.78 is 17.0. The molecule has 3 N–H and O–H groups in total. The van der Waals surface area contributed by atoms with Crippen molar-refractivity contribution in [2.45, 2.75) is 31.1 Å². The van der Waals surface area contributed by atoms with Crippen molar-refractivity contribution in [1.29, 1.82) is 0 Å². The van der Waals surface area contributed by atoms with Crippen LogP contribution in [0.15, 0.2) is 47.5 Å². The fourth-order valence-electron chi connectivity index (χ4n) is 3.86. The van der Waals surface area contributed by atoms with Crippen molar-refractivity contribution < 1.29 is 14.2 Å². The van der Waals surface area contributed by atoms with Gasteiger partial charge >= 0.3 is 0 Å². The molecule has 1 aliphatic heterocycles. The highest BCUT2D eigenvalue weighted by Crippen LogP contribution is 2.47. The van der Waals surface area contributed by atoms with Gasteiger partial charge in [-0.2, -0.15) is 0 Å². The molecule has 148 valence electrons. The number of nitrogens with zero attached hydrogens (tertiary/aromatic N) is 1. The van der Waals surface area contributed by atoms with Crippen molar-refractivity contribution in [1.82, 2.24) is 0 Å². The third-order valence-corrected chi connectivity index (χ3v) is 5.56. The van der Waals surface area contributed by atoms with E-state index in [1.807, 2.05) is 30.3 Å². The van der Waals surface area contributed by atoms with Gasteiger partial charge in [0.05, 0.1) is 26.9 Å². The van der Waals surface area contributed by atoms with Gasteiger partial charge < -0.3 is 25.3 Å². The minimum Gasteiger partial charge on any atom is -0.496 e. The highest BCUT2D eigenvalue weighted by Gasteiger charge is 2.40. The fraction of sp³-hybridized carbons (Fsp3) is 0.409. The first-order valence-corrected chi connectivity index (χ1v) is 9.80. The van der Waals surface area contributed by atoms with Crippen LogP contribution in [0.2, 0.25) is 0 Å². The van der Waals surface area contributed by atoms with Crippen LogP contribution >= 0.6 is 0 Å². The number of guanidine groups is 1. The van der Waals surface area contributed by atoms with Gasteiger partial charge in [-0.25, -0.2) is 0 Å². The van der Waals surface area contributed by atoms with Crippen LogP contribution in [0.3, 0.4) is 0 Å². The van der Waals surface area contributed by atoms with Crippen molar-refractivity contribution in [3.05, 3.63) is 48.0 Å². The van der Waals surface area contributed by atoms with Crippen molar-refractivity contribution in [2.24, 2.45) is 10.7 Å². The lowest BCUT2D eigenvalue weighted by atomic mass is 9.64. The fourth-order valence-corrected chi connectivity index (χ4v) is 3.86. The average Bonchev–Trinajstić information content (AvgIpc) is 2.92. The van der Waals surface area contributed by atoms with E-state index in [0.29, 0.717) is 25.7 Å². The third-order valence-electron chi connectivity index (χ3n) is 5.56. The second-order valence-corrected chi connectivity index (χ2v) is 7.37. The lowest BCUT2D eigenvalue weighted by Crippen LogP contribution is -2.39. The number of benzene rings is 2. The Balaban J connectivity index is 1.48. The number of ether oxygens (including phenoxy) is 3. The zero-order valence-corrected chi connectivity index (χ0v) is 16.2. The Morgan fingerprint density at radius 3 is 2.64 bits per heavy atom. The normalized spacial score (nSPS) is 18.0. The second-order valence-electron chi connectivity index (χ2n) is 7.37. The summed E-state index contributed by atoms with van der Waals surface area (Å²) in [4.78, 5) is 4.65. The largest absolute Gasteiger partial charge is 0.496 e. The smallest absolute Gasteiger partial charge is 0.193 e. The lowest BCUT2D eigenvalue weighted by molar-refractivity contribution is 0.244. The van der Waals surface area contributed by atoms with Crippen LogP contribution < -0.4 is 25.3 Å². The van der Waals surface area contributed by atoms with Gasteiger partial charge in [0, 0.05) is 29.2 Å². The topological polar surface area (TPSA) is 78.1 Å². The lowest BCUT2D eigenvalue weighted by Gasteiger charge is -2.42. The Hall–Kier alpha value is -2.89. The molecule has 6 nitrogen and oxygen atoms in total. The maximum absolute atomic E-state index is 6.18. The highest BCUT2D eigenvalue weighted by atomic mass is 16.5. The predicted molar refractivity (Wildman–Crippen MR) is 111 cm³/mol. The molecule has 1 heterocycles. The molecule has 0 radical (unpaired) electrons. The predicted octanol–water partition coefficient (Wildman–Crippen LogP) is 3.71.